The van der Waals surface area contributed by atoms with Gasteiger partial charge in [0.05, 0.1) is 19.1 Å². The van der Waals surface area contributed by atoms with Crippen LogP contribution in [0.4, 0.5) is 13.2 Å². The number of nitrogens with zero attached hydrogens (tertiary/aromatic N) is 2. The van der Waals surface area contributed by atoms with Crippen LogP contribution in [0.5, 0.6) is 0 Å². The van der Waals surface area contributed by atoms with E-state index in [0.29, 0.717) is 0 Å². The monoisotopic (exact) mass is 250 g/mol. The molecule has 0 aromatic carbocycles. The number of carbonyl (C=O) groups excluding carboxylic acids is 1. The number of halogens is 3. The van der Waals surface area contributed by atoms with E-state index in [2.05, 4.69) is 9.84 Å². The van der Waals surface area contributed by atoms with Crippen molar-refractivity contribution in [3.63, 3.8) is 0 Å². The molecule has 0 bridgehead atoms. The quantitative estimate of drug-likeness (QED) is 0.773. The van der Waals surface area contributed by atoms with Crippen molar-refractivity contribution >= 4 is 5.97 Å². The number of alkyl halides is 3. The summed E-state index contributed by atoms with van der Waals surface area (Å²) in [5.41, 5.74) is -0.971. The summed E-state index contributed by atoms with van der Waals surface area (Å²) in [6, 6.07) is 0.374. The van der Waals surface area contributed by atoms with Crippen LogP contribution in [0.15, 0.2) is 12.3 Å². The van der Waals surface area contributed by atoms with Gasteiger partial charge in [-0.25, -0.2) is 0 Å². The van der Waals surface area contributed by atoms with Crippen LogP contribution in [0.1, 0.15) is 25.6 Å². The van der Waals surface area contributed by atoms with Crippen LogP contribution >= 0.6 is 0 Å². The van der Waals surface area contributed by atoms with Crippen molar-refractivity contribution < 1.29 is 22.7 Å². The molecule has 1 aromatic rings. The van der Waals surface area contributed by atoms with Gasteiger partial charge in [0, 0.05) is 6.20 Å². The SMILES string of the molecule is COC(=O)C(C)C(C)n1ccc(C(F)(F)F)n1. The smallest absolute Gasteiger partial charge is 0.435 e. The van der Waals surface area contributed by atoms with Crippen molar-refractivity contribution in [1.82, 2.24) is 9.78 Å². The number of carbonyl (C=O) groups is 1. The largest absolute Gasteiger partial charge is 0.469 e. The number of hydrogen-bond donors (Lipinski definition) is 0. The molecule has 17 heavy (non-hydrogen) atoms. The second-order valence-electron chi connectivity index (χ2n) is 3.73. The first-order valence-electron chi connectivity index (χ1n) is 4.97. The molecule has 0 spiro atoms. The van der Waals surface area contributed by atoms with E-state index < -0.39 is 29.8 Å². The maximum absolute atomic E-state index is 12.3. The molecule has 4 nitrogen and oxygen atoms in total. The van der Waals surface area contributed by atoms with Crippen molar-refractivity contribution in [2.24, 2.45) is 5.92 Å². The molecule has 0 saturated heterocycles. The molecular formula is C10H13F3N2O2. The molecule has 0 aliphatic rings. The second kappa shape index (κ2) is 4.77. The number of aromatic nitrogens is 2. The van der Waals surface area contributed by atoms with Gasteiger partial charge in [0.1, 0.15) is 0 Å². The van der Waals surface area contributed by atoms with Crippen molar-refractivity contribution in [3.8, 4) is 0 Å². The molecular weight excluding hydrogens is 237 g/mol. The number of hydrogen-bond acceptors (Lipinski definition) is 3. The van der Waals surface area contributed by atoms with Crippen molar-refractivity contribution in [2.45, 2.75) is 26.1 Å². The molecule has 1 heterocycles. The topological polar surface area (TPSA) is 44.1 Å². The van der Waals surface area contributed by atoms with E-state index in [9.17, 15) is 18.0 Å². The molecule has 7 heteroatoms. The first kappa shape index (κ1) is 13.5. The summed E-state index contributed by atoms with van der Waals surface area (Å²) in [6.07, 6.45) is -3.27. The fourth-order valence-electron chi connectivity index (χ4n) is 1.33. The second-order valence-corrected chi connectivity index (χ2v) is 3.73. The molecule has 0 fully saturated rings. The zero-order chi connectivity index (χ0) is 13.2. The highest BCUT2D eigenvalue weighted by Crippen LogP contribution is 2.28. The Kier molecular flexibility index (Phi) is 3.79. The third-order valence-corrected chi connectivity index (χ3v) is 2.61. The molecule has 1 aromatic heterocycles. The highest BCUT2D eigenvalue weighted by molar-refractivity contribution is 5.72. The van der Waals surface area contributed by atoms with Gasteiger partial charge in [0.25, 0.3) is 0 Å². The van der Waals surface area contributed by atoms with Gasteiger partial charge >= 0.3 is 12.1 Å². The van der Waals surface area contributed by atoms with E-state index in [-0.39, 0.29) is 0 Å². The first-order chi connectivity index (χ1) is 7.77. The molecule has 0 saturated carbocycles. The number of ether oxygens (including phenoxy) is 1. The van der Waals surface area contributed by atoms with Crippen LogP contribution in [-0.4, -0.2) is 22.9 Å². The summed E-state index contributed by atoms with van der Waals surface area (Å²) in [4.78, 5) is 11.2. The molecule has 0 radical (unpaired) electrons. The Morgan fingerprint density at radius 3 is 2.47 bits per heavy atom. The molecule has 0 aliphatic carbocycles. The lowest BCUT2D eigenvalue weighted by Crippen LogP contribution is -2.24. The van der Waals surface area contributed by atoms with Gasteiger partial charge in [-0.05, 0) is 19.9 Å². The summed E-state index contributed by atoms with van der Waals surface area (Å²) < 4.78 is 42.6. The lowest BCUT2D eigenvalue weighted by atomic mass is 10.0. The highest BCUT2D eigenvalue weighted by Gasteiger charge is 2.34. The summed E-state index contributed by atoms with van der Waals surface area (Å²) in [5, 5.41) is 3.40. The van der Waals surface area contributed by atoms with Crippen LogP contribution in [0.2, 0.25) is 0 Å². The van der Waals surface area contributed by atoms with Gasteiger partial charge in [-0.2, -0.15) is 18.3 Å². The summed E-state index contributed by atoms with van der Waals surface area (Å²) >= 11 is 0. The lowest BCUT2D eigenvalue weighted by molar-refractivity contribution is -0.146. The molecule has 96 valence electrons. The van der Waals surface area contributed by atoms with Crippen LogP contribution in [-0.2, 0) is 15.7 Å². The molecule has 0 aliphatic heterocycles. The minimum atomic E-state index is -4.47. The van der Waals surface area contributed by atoms with Gasteiger partial charge in [0.2, 0.25) is 0 Å². The fraction of sp³-hybridized carbons (Fsp3) is 0.600. The highest BCUT2D eigenvalue weighted by atomic mass is 19.4. The van der Waals surface area contributed by atoms with Crippen LogP contribution < -0.4 is 0 Å². The van der Waals surface area contributed by atoms with Crippen molar-refractivity contribution in [1.29, 1.82) is 0 Å². The summed E-state index contributed by atoms with van der Waals surface area (Å²) in [7, 11) is 1.23. The fourth-order valence-corrected chi connectivity index (χ4v) is 1.33. The van der Waals surface area contributed by atoms with Gasteiger partial charge in [-0.15, -0.1) is 0 Å². The minimum absolute atomic E-state index is 0.485. The van der Waals surface area contributed by atoms with E-state index in [1.54, 1.807) is 13.8 Å². The van der Waals surface area contributed by atoms with Gasteiger partial charge in [-0.3, -0.25) is 9.48 Å². The van der Waals surface area contributed by atoms with E-state index in [1.165, 1.54) is 13.3 Å². The summed E-state index contributed by atoms with van der Waals surface area (Å²) in [5.74, 6) is -1.05. The average Bonchev–Trinajstić information content (AvgIpc) is 2.74. The average molecular weight is 250 g/mol. The van der Waals surface area contributed by atoms with Crippen LogP contribution in [0, 0.1) is 5.92 Å². The Labute approximate surface area is 96.4 Å². The third kappa shape index (κ3) is 2.98. The minimum Gasteiger partial charge on any atom is -0.469 e. The van der Waals surface area contributed by atoms with Crippen LogP contribution in [0.25, 0.3) is 0 Å². The maximum Gasteiger partial charge on any atom is 0.435 e. The Morgan fingerprint density at radius 2 is 2.06 bits per heavy atom. The standard InChI is InChI=1S/C10H13F3N2O2/c1-6(9(16)17-3)7(2)15-5-4-8(14-15)10(11,12)13/h4-7H,1-3H3. The van der Waals surface area contributed by atoms with Gasteiger partial charge < -0.3 is 4.74 Å². The third-order valence-electron chi connectivity index (χ3n) is 2.61. The lowest BCUT2D eigenvalue weighted by Gasteiger charge is -2.18. The Balaban J connectivity index is 2.87. The van der Waals surface area contributed by atoms with E-state index in [0.717, 1.165) is 10.7 Å². The molecule has 1 rings (SSSR count). The van der Waals surface area contributed by atoms with Gasteiger partial charge in [-0.1, -0.05) is 0 Å². The normalized spacial score (nSPS) is 15.4. The number of esters is 1. The van der Waals surface area contributed by atoms with E-state index in [4.69, 9.17) is 0 Å². The van der Waals surface area contributed by atoms with Crippen molar-refractivity contribution in [2.75, 3.05) is 7.11 Å². The Bertz CT molecular complexity index is 401. The number of methoxy groups -OCH3 is 1. The number of rotatable bonds is 3. The zero-order valence-electron chi connectivity index (χ0n) is 9.65. The first-order valence-corrected chi connectivity index (χ1v) is 4.97. The molecule has 2 atom stereocenters. The zero-order valence-corrected chi connectivity index (χ0v) is 9.65. The predicted octanol–water partition coefficient (Wildman–Crippen LogP) is 2.27. The Hall–Kier alpha value is -1.53. The molecule has 2 unspecified atom stereocenters. The van der Waals surface area contributed by atoms with Crippen molar-refractivity contribution in [3.05, 3.63) is 18.0 Å². The molecule has 0 N–H and O–H groups in total. The predicted molar refractivity (Wildman–Crippen MR) is 53.1 cm³/mol. The van der Waals surface area contributed by atoms with Gasteiger partial charge in [0.15, 0.2) is 5.69 Å². The van der Waals surface area contributed by atoms with E-state index in [1.807, 2.05) is 0 Å². The summed E-state index contributed by atoms with van der Waals surface area (Å²) in [6.45, 7) is 3.18. The maximum atomic E-state index is 12.3. The Morgan fingerprint density at radius 1 is 1.47 bits per heavy atom. The van der Waals surface area contributed by atoms with E-state index >= 15 is 0 Å². The van der Waals surface area contributed by atoms with Crippen LogP contribution in [0.3, 0.4) is 0 Å². The molecule has 0 amide bonds.